The highest BCUT2D eigenvalue weighted by Crippen LogP contribution is 2.20. The van der Waals surface area contributed by atoms with Gasteiger partial charge in [-0.3, -0.25) is 14.9 Å². The Morgan fingerprint density at radius 3 is 2.28 bits per heavy atom. The third-order valence-electron chi connectivity index (χ3n) is 5.88. The van der Waals surface area contributed by atoms with Crippen molar-refractivity contribution in [3.8, 4) is 0 Å². The number of nitrogens with zero attached hydrogens (tertiary/aromatic N) is 2. The van der Waals surface area contributed by atoms with Crippen molar-refractivity contribution in [2.75, 3.05) is 31.5 Å². The number of nitrogens with one attached hydrogen (secondary N) is 2. The van der Waals surface area contributed by atoms with Crippen molar-refractivity contribution >= 4 is 27.3 Å². The van der Waals surface area contributed by atoms with E-state index in [4.69, 9.17) is 0 Å². The van der Waals surface area contributed by atoms with Gasteiger partial charge in [-0.2, -0.15) is 4.31 Å². The number of rotatable bonds is 7. The first kappa shape index (κ1) is 23.8. The first-order valence-electron chi connectivity index (χ1n) is 10.6. The molecule has 0 saturated carbocycles. The van der Waals surface area contributed by atoms with Gasteiger partial charge in [0.2, 0.25) is 10.0 Å². The van der Waals surface area contributed by atoms with Gasteiger partial charge in [0, 0.05) is 17.8 Å². The summed E-state index contributed by atoms with van der Waals surface area (Å²) in [5.74, 6) is 0.0645. The zero-order chi connectivity index (χ0) is 23.5. The molecule has 0 bridgehead atoms. The Bertz CT molecular complexity index is 1080. The molecule has 0 aromatic heterocycles. The van der Waals surface area contributed by atoms with Crippen LogP contribution in [0.2, 0.25) is 0 Å². The lowest BCUT2D eigenvalue weighted by Crippen LogP contribution is -3.19. The molecule has 1 heterocycles. The largest absolute Gasteiger partial charge is 0.323 e. The molecule has 1 atom stereocenters. The zero-order valence-electron chi connectivity index (χ0n) is 18.4. The summed E-state index contributed by atoms with van der Waals surface area (Å²) < 4.78 is 27.4. The lowest BCUT2D eigenvalue weighted by molar-refractivity contribution is -0.917. The predicted octanol–water partition coefficient (Wildman–Crippen LogP) is 1.63. The molecule has 9 nitrogen and oxygen atoms in total. The summed E-state index contributed by atoms with van der Waals surface area (Å²) in [5.41, 5.74) is 1.35. The summed E-state index contributed by atoms with van der Waals surface area (Å²) in [7, 11) is -3.58. The molecule has 1 fully saturated rings. The molecular formula is C22H29N4O5S+. The quantitative estimate of drug-likeness (QED) is 0.481. The van der Waals surface area contributed by atoms with Crippen LogP contribution in [0.15, 0.2) is 53.4 Å². The highest BCUT2D eigenvalue weighted by atomic mass is 32.2. The van der Waals surface area contributed by atoms with Crippen LogP contribution in [0.25, 0.3) is 0 Å². The number of nitro benzene ring substituents is 1. The van der Waals surface area contributed by atoms with Crippen LogP contribution >= 0.6 is 0 Å². The maximum Gasteiger partial charge on any atom is 0.282 e. The average Bonchev–Trinajstić information content (AvgIpc) is 2.78. The van der Waals surface area contributed by atoms with Crippen molar-refractivity contribution in [1.29, 1.82) is 0 Å². The van der Waals surface area contributed by atoms with Gasteiger partial charge in [-0.15, -0.1) is 0 Å². The SMILES string of the molecule is CC(C)c1ccc(S(=O)(=O)N2CC[NH+]([C@@H](C)C(=O)Nc3cccc([N+](=O)[O-])c3)CC2)cc1. The van der Waals surface area contributed by atoms with Crippen LogP contribution in [0.3, 0.4) is 0 Å². The number of hydrogen-bond donors (Lipinski definition) is 2. The van der Waals surface area contributed by atoms with Gasteiger partial charge in [-0.25, -0.2) is 8.42 Å². The number of nitro groups is 1. The molecule has 32 heavy (non-hydrogen) atoms. The fourth-order valence-electron chi connectivity index (χ4n) is 3.75. The molecule has 172 valence electrons. The summed E-state index contributed by atoms with van der Waals surface area (Å²) in [5, 5.41) is 13.6. The van der Waals surface area contributed by atoms with Crippen molar-refractivity contribution in [1.82, 2.24) is 4.31 Å². The molecule has 0 aliphatic carbocycles. The van der Waals surface area contributed by atoms with Gasteiger partial charge in [-0.1, -0.05) is 32.0 Å². The zero-order valence-corrected chi connectivity index (χ0v) is 19.3. The van der Waals surface area contributed by atoms with Gasteiger partial charge >= 0.3 is 0 Å². The first-order chi connectivity index (χ1) is 15.1. The van der Waals surface area contributed by atoms with E-state index in [1.165, 1.54) is 22.5 Å². The van der Waals surface area contributed by atoms with Crippen LogP contribution < -0.4 is 10.2 Å². The van der Waals surface area contributed by atoms with Crippen LogP contribution in [-0.2, 0) is 14.8 Å². The van der Waals surface area contributed by atoms with Gasteiger partial charge in [0.15, 0.2) is 6.04 Å². The van der Waals surface area contributed by atoms with Gasteiger partial charge in [0.05, 0.1) is 36.0 Å². The third kappa shape index (κ3) is 5.32. The van der Waals surface area contributed by atoms with Crippen molar-refractivity contribution in [3.05, 3.63) is 64.2 Å². The Balaban J connectivity index is 1.60. The number of non-ortho nitro benzene ring substituents is 1. The van der Waals surface area contributed by atoms with E-state index in [2.05, 4.69) is 19.2 Å². The summed E-state index contributed by atoms with van der Waals surface area (Å²) in [4.78, 5) is 24.3. The van der Waals surface area contributed by atoms with E-state index >= 15 is 0 Å². The van der Waals surface area contributed by atoms with E-state index in [1.807, 2.05) is 12.1 Å². The Morgan fingerprint density at radius 2 is 1.72 bits per heavy atom. The van der Waals surface area contributed by atoms with Crippen LogP contribution in [0.1, 0.15) is 32.3 Å². The molecule has 2 N–H and O–H groups in total. The second kappa shape index (κ2) is 9.76. The molecule has 1 aliphatic heterocycles. The smallest absolute Gasteiger partial charge is 0.282 e. The van der Waals surface area contributed by atoms with Crippen LogP contribution in [0.4, 0.5) is 11.4 Å². The number of benzene rings is 2. The number of carbonyl (C=O) groups is 1. The molecular weight excluding hydrogens is 432 g/mol. The van der Waals surface area contributed by atoms with Gasteiger partial charge in [0.25, 0.3) is 11.6 Å². The molecule has 2 aromatic rings. The monoisotopic (exact) mass is 461 g/mol. The summed E-state index contributed by atoms with van der Waals surface area (Å²) in [6, 6.07) is 12.4. The van der Waals surface area contributed by atoms with Crippen molar-refractivity contribution in [3.63, 3.8) is 0 Å². The van der Waals surface area contributed by atoms with E-state index in [0.717, 1.165) is 10.5 Å². The van der Waals surface area contributed by atoms with Crippen LogP contribution in [0.5, 0.6) is 0 Å². The predicted molar refractivity (Wildman–Crippen MR) is 121 cm³/mol. The molecule has 0 unspecified atom stereocenters. The first-order valence-corrected chi connectivity index (χ1v) is 12.0. The number of hydrogen-bond acceptors (Lipinski definition) is 5. The Labute approximate surface area is 188 Å². The molecule has 2 aromatic carbocycles. The summed E-state index contributed by atoms with van der Waals surface area (Å²) in [6.07, 6.45) is 0. The van der Waals surface area contributed by atoms with Crippen LogP contribution in [-0.4, -0.2) is 55.8 Å². The van der Waals surface area contributed by atoms with E-state index < -0.39 is 21.0 Å². The Morgan fingerprint density at radius 1 is 1.09 bits per heavy atom. The summed E-state index contributed by atoms with van der Waals surface area (Å²) in [6.45, 7) is 7.51. The lowest BCUT2D eigenvalue weighted by Gasteiger charge is -2.34. The molecule has 10 heteroatoms. The van der Waals surface area contributed by atoms with E-state index in [1.54, 1.807) is 25.1 Å². The van der Waals surface area contributed by atoms with Gasteiger partial charge in [0.1, 0.15) is 0 Å². The van der Waals surface area contributed by atoms with E-state index in [0.29, 0.717) is 37.8 Å². The maximum atomic E-state index is 13.0. The van der Waals surface area contributed by atoms with Crippen molar-refractivity contribution in [2.24, 2.45) is 0 Å². The Hall–Kier alpha value is -2.82. The third-order valence-corrected chi connectivity index (χ3v) is 7.79. The Kier molecular flexibility index (Phi) is 7.27. The van der Waals surface area contributed by atoms with Gasteiger partial charge in [-0.05, 0) is 36.6 Å². The lowest BCUT2D eigenvalue weighted by atomic mass is 10.0. The second-order valence-corrected chi connectivity index (χ2v) is 10.2. The minimum atomic E-state index is -3.58. The standard InChI is InChI=1S/C22H28N4O5S/c1-16(2)18-7-9-21(10-8-18)32(30,31)25-13-11-24(12-14-25)17(3)22(27)23-19-5-4-6-20(15-19)26(28)29/h4-10,15-17H,11-14H2,1-3H3,(H,23,27)/p+1/t17-/m0/s1. The summed E-state index contributed by atoms with van der Waals surface area (Å²) >= 11 is 0. The molecule has 1 saturated heterocycles. The molecule has 1 aliphatic rings. The number of carbonyl (C=O) groups excluding carboxylic acids is 1. The number of amides is 1. The topological polar surface area (TPSA) is 114 Å². The molecule has 0 radical (unpaired) electrons. The fraction of sp³-hybridized carbons (Fsp3) is 0.409. The van der Waals surface area contributed by atoms with Crippen LogP contribution in [0, 0.1) is 10.1 Å². The normalized spacial score (nSPS) is 16.6. The fourth-order valence-corrected chi connectivity index (χ4v) is 5.20. The second-order valence-electron chi connectivity index (χ2n) is 8.30. The highest BCUT2D eigenvalue weighted by molar-refractivity contribution is 7.89. The highest BCUT2D eigenvalue weighted by Gasteiger charge is 2.34. The average molecular weight is 462 g/mol. The van der Waals surface area contributed by atoms with E-state index in [9.17, 15) is 23.3 Å². The number of quaternary nitrogens is 1. The molecule has 0 spiro atoms. The number of piperazine rings is 1. The number of sulfonamides is 1. The minimum absolute atomic E-state index is 0.0944. The van der Waals surface area contributed by atoms with Crippen molar-refractivity contribution < 1.29 is 23.0 Å². The van der Waals surface area contributed by atoms with Gasteiger partial charge < -0.3 is 10.2 Å². The number of anilines is 1. The van der Waals surface area contributed by atoms with E-state index in [-0.39, 0.29) is 16.5 Å². The molecule has 1 amide bonds. The van der Waals surface area contributed by atoms with Crippen molar-refractivity contribution in [2.45, 2.75) is 37.6 Å². The molecule has 3 rings (SSSR count). The minimum Gasteiger partial charge on any atom is -0.323 e. The maximum absolute atomic E-state index is 13.0.